The maximum Gasteiger partial charge on any atom is 0.253 e. The molecular weight excluding hydrogens is 330 g/mol. The van der Waals surface area contributed by atoms with Crippen molar-refractivity contribution in [2.75, 3.05) is 20.2 Å². The van der Waals surface area contributed by atoms with Crippen molar-refractivity contribution in [1.82, 2.24) is 15.2 Å². The Balaban J connectivity index is 1.46. The van der Waals surface area contributed by atoms with E-state index in [1.165, 1.54) is 0 Å². The van der Waals surface area contributed by atoms with Gasteiger partial charge in [-0.1, -0.05) is 0 Å². The van der Waals surface area contributed by atoms with Crippen LogP contribution in [0.4, 0.5) is 0 Å². The molecule has 26 heavy (non-hydrogen) atoms. The lowest BCUT2D eigenvalue weighted by Crippen LogP contribution is -2.30. The summed E-state index contributed by atoms with van der Waals surface area (Å²) in [4.78, 5) is 30.5. The molecule has 1 fully saturated rings. The molecule has 2 amide bonds. The highest BCUT2D eigenvalue weighted by Gasteiger charge is 2.28. The average molecular weight is 353 g/mol. The molecule has 3 rings (SSSR count). The number of nitrogens with one attached hydrogen (secondary N) is 1. The average Bonchev–Trinajstić information content (AvgIpc) is 3.15. The second-order valence-electron chi connectivity index (χ2n) is 6.47. The third-order valence-corrected chi connectivity index (χ3v) is 4.62. The highest BCUT2D eigenvalue weighted by Crippen LogP contribution is 2.22. The number of amides is 2. The Hall–Kier alpha value is -2.89. The Morgan fingerprint density at radius 3 is 2.62 bits per heavy atom. The highest BCUT2D eigenvalue weighted by atomic mass is 16.5. The van der Waals surface area contributed by atoms with Gasteiger partial charge in [-0.2, -0.15) is 0 Å². The molecule has 1 saturated heterocycles. The summed E-state index contributed by atoms with van der Waals surface area (Å²) in [6.07, 6.45) is 4.71. The van der Waals surface area contributed by atoms with E-state index in [2.05, 4.69) is 10.3 Å². The molecule has 6 nitrogen and oxygen atoms in total. The summed E-state index contributed by atoms with van der Waals surface area (Å²) >= 11 is 0. The van der Waals surface area contributed by atoms with Crippen molar-refractivity contribution in [2.45, 2.75) is 19.4 Å². The van der Waals surface area contributed by atoms with Crippen molar-refractivity contribution >= 4 is 11.8 Å². The van der Waals surface area contributed by atoms with E-state index < -0.39 is 0 Å². The number of methoxy groups -OCH3 is 1. The van der Waals surface area contributed by atoms with Gasteiger partial charge in [0.15, 0.2) is 0 Å². The van der Waals surface area contributed by atoms with Gasteiger partial charge in [0.25, 0.3) is 5.91 Å². The second kappa shape index (κ2) is 8.47. The molecule has 1 unspecified atom stereocenters. The van der Waals surface area contributed by atoms with Crippen LogP contribution in [0.15, 0.2) is 48.8 Å². The largest absolute Gasteiger partial charge is 0.497 e. The standard InChI is InChI=1S/C20H23N3O3/c1-26-18-4-2-17(3-5-18)20(25)23-11-8-16(14-23)12-19(24)22-13-15-6-9-21-10-7-15/h2-7,9-10,16H,8,11-14H2,1H3,(H,22,24). The molecule has 1 N–H and O–H groups in total. The van der Waals surface area contributed by atoms with Crippen LogP contribution >= 0.6 is 0 Å². The maximum absolute atomic E-state index is 12.6. The summed E-state index contributed by atoms with van der Waals surface area (Å²) in [7, 11) is 1.60. The zero-order valence-corrected chi connectivity index (χ0v) is 14.9. The van der Waals surface area contributed by atoms with E-state index in [4.69, 9.17) is 4.74 Å². The van der Waals surface area contributed by atoms with Gasteiger partial charge in [0, 0.05) is 44.0 Å². The number of pyridine rings is 1. The molecule has 1 aromatic carbocycles. The molecular formula is C20H23N3O3. The summed E-state index contributed by atoms with van der Waals surface area (Å²) < 4.78 is 5.12. The first-order valence-electron chi connectivity index (χ1n) is 8.74. The fourth-order valence-corrected chi connectivity index (χ4v) is 3.14. The first kappa shape index (κ1) is 17.9. The predicted molar refractivity (Wildman–Crippen MR) is 97.7 cm³/mol. The summed E-state index contributed by atoms with van der Waals surface area (Å²) in [5, 5.41) is 2.93. The summed E-state index contributed by atoms with van der Waals surface area (Å²) in [5.74, 6) is 0.958. The quantitative estimate of drug-likeness (QED) is 0.865. The smallest absolute Gasteiger partial charge is 0.253 e. The summed E-state index contributed by atoms with van der Waals surface area (Å²) in [5.41, 5.74) is 1.67. The fourth-order valence-electron chi connectivity index (χ4n) is 3.14. The van der Waals surface area contributed by atoms with Crippen molar-refractivity contribution < 1.29 is 14.3 Å². The van der Waals surface area contributed by atoms with Gasteiger partial charge in [-0.25, -0.2) is 0 Å². The van der Waals surface area contributed by atoms with E-state index in [1.807, 2.05) is 17.0 Å². The molecule has 1 atom stereocenters. The van der Waals surface area contributed by atoms with Crippen molar-refractivity contribution in [2.24, 2.45) is 5.92 Å². The fraction of sp³-hybridized carbons (Fsp3) is 0.350. The van der Waals surface area contributed by atoms with Gasteiger partial charge in [-0.15, -0.1) is 0 Å². The first-order chi connectivity index (χ1) is 12.7. The second-order valence-corrected chi connectivity index (χ2v) is 6.47. The van der Waals surface area contributed by atoms with Gasteiger partial charge in [-0.05, 0) is 54.3 Å². The van der Waals surface area contributed by atoms with Gasteiger partial charge < -0.3 is 15.0 Å². The number of aromatic nitrogens is 1. The lowest BCUT2D eigenvalue weighted by atomic mass is 10.0. The number of ether oxygens (including phenoxy) is 1. The number of likely N-dealkylation sites (tertiary alicyclic amines) is 1. The Morgan fingerprint density at radius 2 is 1.92 bits per heavy atom. The van der Waals surface area contributed by atoms with Gasteiger partial charge in [0.05, 0.1) is 7.11 Å². The molecule has 2 aromatic rings. The van der Waals surface area contributed by atoms with Crippen LogP contribution in [0.2, 0.25) is 0 Å². The number of hydrogen-bond donors (Lipinski definition) is 1. The van der Waals surface area contributed by atoms with E-state index in [9.17, 15) is 9.59 Å². The van der Waals surface area contributed by atoms with Crippen molar-refractivity contribution in [1.29, 1.82) is 0 Å². The number of carbonyl (C=O) groups is 2. The van der Waals surface area contributed by atoms with Crippen LogP contribution in [0.1, 0.15) is 28.8 Å². The minimum absolute atomic E-state index is 0.00680. The van der Waals surface area contributed by atoms with E-state index in [0.717, 1.165) is 17.7 Å². The topological polar surface area (TPSA) is 71.5 Å². The van der Waals surface area contributed by atoms with E-state index >= 15 is 0 Å². The van der Waals surface area contributed by atoms with Crippen LogP contribution in [-0.2, 0) is 11.3 Å². The Kier molecular flexibility index (Phi) is 5.84. The van der Waals surface area contributed by atoms with Crippen LogP contribution in [-0.4, -0.2) is 41.9 Å². The number of carbonyl (C=O) groups excluding carboxylic acids is 2. The molecule has 0 saturated carbocycles. The number of nitrogens with zero attached hydrogens (tertiary/aromatic N) is 2. The molecule has 0 bridgehead atoms. The van der Waals surface area contributed by atoms with Crippen LogP contribution < -0.4 is 10.1 Å². The lowest BCUT2D eigenvalue weighted by molar-refractivity contribution is -0.122. The number of rotatable bonds is 6. The molecule has 2 heterocycles. The van der Waals surface area contributed by atoms with E-state index in [1.54, 1.807) is 43.8 Å². The molecule has 6 heteroatoms. The normalized spacial score (nSPS) is 16.3. The zero-order chi connectivity index (χ0) is 18.4. The molecule has 0 aliphatic carbocycles. The SMILES string of the molecule is COc1ccc(C(=O)N2CCC(CC(=O)NCc3ccncc3)C2)cc1. The predicted octanol–water partition coefficient (Wildman–Crippen LogP) is 2.26. The first-order valence-corrected chi connectivity index (χ1v) is 8.74. The van der Waals surface area contributed by atoms with E-state index in [-0.39, 0.29) is 17.7 Å². The third kappa shape index (κ3) is 4.59. The summed E-state index contributed by atoms with van der Waals surface area (Å²) in [6.45, 7) is 1.81. The lowest BCUT2D eigenvalue weighted by Gasteiger charge is -2.17. The minimum Gasteiger partial charge on any atom is -0.497 e. The van der Waals surface area contributed by atoms with Crippen LogP contribution in [0.3, 0.4) is 0 Å². The maximum atomic E-state index is 12.6. The number of benzene rings is 1. The van der Waals surface area contributed by atoms with E-state index in [0.29, 0.717) is 31.6 Å². The van der Waals surface area contributed by atoms with Crippen LogP contribution in [0.25, 0.3) is 0 Å². The van der Waals surface area contributed by atoms with Crippen LogP contribution in [0.5, 0.6) is 5.75 Å². The molecule has 0 radical (unpaired) electrons. The van der Waals surface area contributed by atoms with Crippen LogP contribution in [0, 0.1) is 5.92 Å². The molecule has 136 valence electrons. The van der Waals surface area contributed by atoms with Gasteiger partial charge in [0.2, 0.25) is 5.91 Å². The Morgan fingerprint density at radius 1 is 1.19 bits per heavy atom. The third-order valence-electron chi connectivity index (χ3n) is 4.62. The minimum atomic E-state index is 0.00680. The Labute approximate surface area is 153 Å². The van der Waals surface area contributed by atoms with Gasteiger partial charge in [0.1, 0.15) is 5.75 Å². The van der Waals surface area contributed by atoms with Gasteiger partial charge >= 0.3 is 0 Å². The monoisotopic (exact) mass is 353 g/mol. The highest BCUT2D eigenvalue weighted by molar-refractivity contribution is 5.94. The molecule has 1 aliphatic heterocycles. The molecule has 0 spiro atoms. The molecule has 1 aromatic heterocycles. The van der Waals surface area contributed by atoms with Crippen molar-refractivity contribution in [3.8, 4) is 5.75 Å². The van der Waals surface area contributed by atoms with Gasteiger partial charge in [-0.3, -0.25) is 14.6 Å². The van der Waals surface area contributed by atoms with Crippen molar-refractivity contribution in [3.05, 3.63) is 59.9 Å². The zero-order valence-electron chi connectivity index (χ0n) is 14.9. The number of hydrogen-bond acceptors (Lipinski definition) is 4. The molecule has 1 aliphatic rings. The van der Waals surface area contributed by atoms with Crippen molar-refractivity contribution in [3.63, 3.8) is 0 Å². The summed E-state index contributed by atoms with van der Waals surface area (Å²) in [6, 6.07) is 10.9. The Bertz CT molecular complexity index is 747.